The van der Waals surface area contributed by atoms with E-state index in [1.165, 1.54) is 23.9 Å². The Bertz CT molecular complexity index is 802. The first-order chi connectivity index (χ1) is 12.8. The van der Waals surface area contributed by atoms with Crippen molar-refractivity contribution in [3.05, 3.63) is 65.1 Å². The molecular formula is C19H17F3O4S. The zero-order valence-electron chi connectivity index (χ0n) is 14.3. The molecule has 0 aliphatic heterocycles. The third kappa shape index (κ3) is 6.90. The highest BCUT2D eigenvalue weighted by molar-refractivity contribution is 8.02. The summed E-state index contributed by atoms with van der Waals surface area (Å²) in [5.41, 5.74) is 0.0998. The topological polar surface area (TPSA) is 55.8 Å². The second-order valence-electron chi connectivity index (χ2n) is 5.43. The number of aryl methyl sites for hydroxylation is 1. The summed E-state index contributed by atoms with van der Waals surface area (Å²) in [5.74, 6) is -0.173. The van der Waals surface area contributed by atoms with Crippen LogP contribution in [0.2, 0.25) is 0 Å². The fourth-order valence-electron chi connectivity index (χ4n) is 2.05. The molecule has 0 heterocycles. The maximum absolute atomic E-state index is 12.5. The van der Waals surface area contributed by atoms with Crippen molar-refractivity contribution in [2.24, 2.45) is 0 Å². The van der Waals surface area contributed by atoms with E-state index in [4.69, 9.17) is 14.6 Å². The van der Waals surface area contributed by atoms with Gasteiger partial charge in [0.25, 0.3) is 0 Å². The van der Waals surface area contributed by atoms with E-state index in [1.54, 1.807) is 23.6 Å². The van der Waals surface area contributed by atoms with Crippen molar-refractivity contribution >= 4 is 17.7 Å². The molecule has 0 saturated heterocycles. The van der Waals surface area contributed by atoms with E-state index < -0.39 is 24.3 Å². The number of hydrogen-bond acceptors (Lipinski definition) is 4. The van der Waals surface area contributed by atoms with Crippen LogP contribution in [0.4, 0.5) is 13.2 Å². The van der Waals surface area contributed by atoms with Gasteiger partial charge >= 0.3 is 12.1 Å². The molecule has 2 rings (SSSR count). The van der Waals surface area contributed by atoms with Crippen LogP contribution in [0.5, 0.6) is 11.5 Å². The van der Waals surface area contributed by atoms with Crippen molar-refractivity contribution in [3.8, 4) is 11.5 Å². The normalized spacial score (nSPS) is 11.6. The quantitative estimate of drug-likeness (QED) is 0.623. The predicted octanol–water partition coefficient (Wildman–Crippen LogP) is 5.16. The minimum atomic E-state index is -4.36. The van der Waals surface area contributed by atoms with E-state index >= 15 is 0 Å². The van der Waals surface area contributed by atoms with Gasteiger partial charge in [-0.25, -0.2) is 4.79 Å². The Morgan fingerprint density at radius 3 is 2.44 bits per heavy atom. The molecule has 8 heteroatoms. The number of thioether (sulfide) groups is 1. The number of hydrogen-bond donors (Lipinski definition) is 1. The molecule has 0 radical (unpaired) electrons. The van der Waals surface area contributed by atoms with Crippen LogP contribution in [0.15, 0.2) is 58.8 Å². The molecule has 0 spiro atoms. The van der Waals surface area contributed by atoms with Gasteiger partial charge in [-0.15, -0.1) is 0 Å². The SMILES string of the molecule is Cc1cc(S/C=C/COc2ccc(C(F)(F)F)cc2)ccc1OCC(=O)O. The molecule has 0 aromatic heterocycles. The smallest absolute Gasteiger partial charge is 0.416 e. The van der Waals surface area contributed by atoms with Gasteiger partial charge in [-0.05, 0) is 66.4 Å². The summed E-state index contributed by atoms with van der Waals surface area (Å²) >= 11 is 1.43. The molecule has 4 nitrogen and oxygen atoms in total. The van der Waals surface area contributed by atoms with Gasteiger partial charge in [0.15, 0.2) is 6.61 Å². The number of carbonyl (C=O) groups is 1. The second kappa shape index (κ2) is 9.36. The zero-order valence-corrected chi connectivity index (χ0v) is 15.1. The van der Waals surface area contributed by atoms with Crippen LogP contribution < -0.4 is 9.47 Å². The molecule has 2 aromatic rings. The summed E-state index contributed by atoms with van der Waals surface area (Å²) < 4.78 is 48.0. The van der Waals surface area contributed by atoms with Gasteiger partial charge in [-0.2, -0.15) is 13.2 Å². The first-order valence-corrected chi connectivity index (χ1v) is 8.70. The minimum absolute atomic E-state index is 0.219. The number of aliphatic carboxylic acids is 1. The Labute approximate surface area is 158 Å². The number of halogens is 3. The molecule has 144 valence electrons. The summed E-state index contributed by atoms with van der Waals surface area (Å²) in [5, 5.41) is 10.4. The third-order valence-corrected chi connectivity index (χ3v) is 4.18. The first-order valence-electron chi connectivity index (χ1n) is 7.82. The number of carboxylic acid groups (broad SMARTS) is 1. The lowest BCUT2D eigenvalue weighted by Crippen LogP contribution is -2.09. The van der Waals surface area contributed by atoms with Crippen LogP contribution >= 0.6 is 11.8 Å². The highest BCUT2D eigenvalue weighted by Crippen LogP contribution is 2.30. The molecule has 0 saturated carbocycles. The van der Waals surface area contributed by atoms with Crippen molar-refractivity contribution in [3.63, 3.8) is 0 Å². The lowest BCUT2D eigenvalue weighted by atomic mass is 10.2. The zero-order chi connectivity index (χ0) is 19.9. The maximum atomic E-state index is 12.5. The molecule has 0 aliphatic rings. The van der Waals surface area contributed by atoms with E-state index in [0.29, 0.717) is 11.5 Å². The number of benzene rings is 2. The van der Waals surface area contributed by atoms with Crippen LogP contribution in [-0.4, -0.2) is 24.3 Å². The van der Waals surface area contributed by atoms with E-state index in [1.807, 2.05) is 13.0 Å². The molecule has 0 bridgehead atoms. The lowest BCUT2D eigenvalue weighted by Gasteiger charge is -2.08. The number of alkyl halides is 3. The summed E-state index contributed by atoms with van der Waals surface area (Å²) in [6, 6.07) is 9.88. The van der Waals surface area contributed by atoms with Crippen LogP contribution in [-0.2, 0) is 11.0 Å². The Hall–Kier alpha value is -2.61. The predicted molar refractivity (Wildman–Crippen MR) is 96.2 cm³/mol. The molecule has 0 fully saturated rings. The molecular weight excluding hydrogens is 381 g/mol. The lowest BCUT2D eigenvalue weighted by molar-refractivity contribution is -0.139. The molecule has 0 unspecified atom stereocenters. The van der Waals surface area contributed by atoms with Crippen molar-refractivity contribution in [2.45, 2.75) is 18.0 Å². The molecule has 2 aromatic carbocycles. The van der Waals surface area contributed by atoms with Gasteiger partial charge in [0, 0.05) is 4.90 Å². The van der Waals surface area contributed by atoms with Crippen LogP contribution in [0.25, 0.3) is 0 Å². The van der Waals surface area contributed by atoms with Crippen molar-refractivity contribution in [2.75, 3.05) is 13.2 Å². The highest BCUT2D eigenvalue weighted by atomic mass is 32.2. The van der Waals surface area contributed by atoms with Crippen LogP contribution in [0.3, 0.4) is 0 Å². The average molecular weight is 398 g/mol. The Morgan fingerprint density at radius 1 is 1.15 bits per heavy atom. The van der Waals surface area contributed by atoms with Gasteiger partial charge in [0.2, 0.25) is 0 Å². The summed E-state index contributed by atoms with van der Waals surface area (Å²) in [7, 11) is 0. The van der Waals surface area contributed by atoms with Crippen molar-refractivity contribution < 1.29 is 32.5 Å². The van der Waals surface area contributed by atoms with Gasteiger partial charge in [-0.3, -0.25) is 0 Å². The van der Waals surface area contributed by atoms with Crippen molar-refractivity contribution in [1.82, 2.24) is 0 Å². The average Bonchev–Trinajstić information content (AvgIpc) is 2.60. The Balaban J connectivity index is 1.80. The fourth-order valence-corrected chi connectivity index (χ4v) is 2.77. The standard InChI is InChI=1S/C19H17F3O4S/c1-13-11-16(7-8-17(13)26-12-18(23)24)27-10-2-9-25-15-5-3-14(4-6-15)19(20,21)22/h2-8,10-11H,9,12H2,1H3,(H,23,24)/b10-2+. The van der Waals surface area contributed by atoms with Gasteiger partial charge in [0.05, 0.1) is 5.56 Å². The molecule has 27 heavy (non-hydrogen) atoms. The Morgan fingerprint density at radius 2 is 1.85 bits per heavy atom. The summed E-state index contributed by atoms with van der Waals surface area (Å²) in [6.45, 7) is 1.64. The maximum Gasteiger partial charge on any atom is 0.416 e. The summed E-state index contributed by atoms with van der Waals surface area (Å²) in [6.07, 6.45) is -2.62. The third-order valence-electron chi connectivity index (χ3n) is 3.33. The molecule has 0 atom stereocenters. The number of carboxylic acids is 1. The fraction of sp³-hybridized carbons (Fsp3) is 0.211. The first kappa shape index (κ1) is 20.7. The van der Waals surface area contributed by atoms with Gasteiger partial charge < -0.3 is 14.6 Å². The molecule has 0 aliphatic carbocycles. The van der Waals surface area contributed by atoms with Gasteiger partial charge in [0.1, 0.15) is 18.1 Å². The Kier molecular flexibility index (Phi) is 7.18. The molecule has 1 N–H and O–H groups in total. The monoisotopic (exact) mass is 398 g/mol. The minimum Gasteiger partial charge on any atom is -0.490 e. The van der Waals surface area contributed by atoms with Crippen LogP contribution in [0.1, 0.15) is 11.1 Å². The van der Waals surface area contributed by atoms with E-state index in [-0.39, 0.29) is 6.61 Å². The van der Waals surface area contributed by atoms with E-state index in [0.717, 1.165) is 22.6 Å². The van der Waals surface area contributed by atoms with E-state index in [2.05, 4.69) is 0 Å². The summed E-state index contributed by atoms with van der Waals surface area (Å²) in [4.78, 5) is 11.4. The van der Waals surface area contributed by atoms with Gasteiger partial charge in [-0.1, -0.05) is 11.8 Å². The number of ether oxygens (including phenoxy) is 2. The van der Waals surface area contributed by atoms with E-state index in [9.17, 15) is 18.0 Å². The molecule has 0 amide bonds. The number of rotatable bonds is 8. The van der Waals surface area contributed by atoms with Crippen LogP contribution in [0, 0.1) is 6.92 Å². The highest BCUT2D eigenvalue weighted by Gasteiger charge is 2.29. The largest absolute Gasteiger partial charge is 0.490 e. The second-order valence-corrected chi connectivity index (χ2v) is 6.41. The van der Waals surface area contributed by atoms with Crippen molar-refractivity contribution in [1.29, 1.82) is 0 Å².